The molecule has 1 fully saturated rings. The van der Waals surface area contributed by atoms with Gasteiger partial charge in [0.2, 0.25) is 0 Å². The third kappa shape index (κ3) is 2.70. The Morgan fingerprint density at radius 2 is 2.05 bits per heavy atom. The van der Waals surface area contributed by atoms with Crippen molar-refractivity contribution in [2.24, 2.45) is 5.41 Å². The maximum Gasteiger partial charge on any atom is 0.0448 e. The molecule has 1 aliphatic carbocycles. The third-order valence-corrected chi connectivity index (χ3v) is 5.65. The molecule has 0 spiro atoms. The lowest BCUT2D eigenvalue weighted by Gasteiger charge is -2.50. The topological polar surface area (TPSA) is 15.3 Å². The van der Waals surface area contributed by atoms with Crippen molar-refractivity contribution < 1.29 is 0 Å². The molecule has 0 radical (unpaired) electrons. The minimum atomic E-state index is 0.389. The maximum atomic E-state index is 3.64. The SMILES string of the molecule is CNC1C(N2CCCc3cc(C)ccc32)CCCC1(C)C. The molecule has 1 N–H and O–H groups in total. The summed E-state index contributed by atoms with van der Waals surface area (Å²) in [4.78, 5) is 2.71. The lowest BCUT2D eigenvalue weighted by molar-refractivity contribution is 0.147. The summed E-state index contributed by atoms with van der Waals surface area (Å²) in [5.74, 6) is 0. The van der Waals surface area contributed by atoms with Gasteiger partial charge in [-0.25, -0.2) is 0 Å². The number of hydrogen-bond acceptors (Lipinski definition) is 2. The molecular formula is C19H30N2. The van der Waals surface area contributed by atoms with Crippen LogP contribution in [0.15, 0.2) is 18.2 Å². The predicted molar refractivity (Wildman–Crippen MR) is 91.1 cm³/mol. The lowest BCUT2D eigenvalue weighted by Crippen LogP contribution is -2.59. The van der Waals surface area contributed by atoms with Gasteiger partial charge in [-0.2, -0.15) is 0 Å². The van der Waals surface area contributed by atoms with Crippen LogP contribution in [0.4, 0.5) is 5.69 Å². The molecule has 2 unspecified atom stereocenters. The van der Waals surface area contributed by atoms with Crippen molar-refractivity contribution in [2.75, 3.05) is 18.5 Å². The summed E-state index contributed by atoms with van der Waals surface area (Å²) in [6, 6.07) is 8.25. The van der Waals surface area contributed by atoms with Gasteiger partial charge in [0.15, 0.2) is 0 Å². The van der Waals surface area contributed by atoms with E-state index in [9.17, 15) is 0 Å². The van der Waals surface area contributed by atoms with E-state index in [0.717, 1.165) is 0 Å². The van der Waals surface area contributed by atoms with Crippen LogP contribution in [0, 0.1) is 12.3 Å². The molecule has 116 valence electrons. The van der Waals surface area contributed by atoms with Crippen LogP contribution in [0.3, 0.4) is 0 Å². The number of fused-ring (bicyclic) bond motifs is 1. The quantitative estimate of drug-likeness (QED) is 0.886. The fourth-order valence-corrected chi connectivity index (χ4v) is 4.63. The number of benzene rings is 1. The summed E-state index contributed by atoms with van der Waals surface area (Å²) < 4.78 is 0. The van der Waals surface area contributed by atoms with Crippen molar-refractivity contribution in [1.82, 2.24) is 5.32 Å². The Balaban J connectivity index is 1.94. The number of hydrogen-bond donors (Lipinski definition) is 1. The zero-order valence-corrected chi connectivity index (χ0v) is 14.1. The summed E-state index contributed by atoms with van der Waals surface area (Å²) >= 11 is 0. The van der Waals surface area contributed by atoms with Gasteiger partial charge in [0.25, 0.3) is 0 Å². The van der Waals surface area contributed by atoms with Crippen molar-refractivity contribution >= 4 is 5.69 Å². The summed E-state index contributed by atoms with van der Waals surface area (Å²) in [7, 11) is 2.14. The average molecular weight is 286 g/mol. The minimum Gasteiger partial charge on any atom is -0.367 e. The molecule has 21 heavy (non-hydrogen) atoms. The molecule has 2 atom stereocenters. The van der Waals surface area contributed by atoms with Gasteiger partial charge in [-0.15, -0.1) is 0 Å². The van der Waals surface area contributed by atoms with Crippen LogP contribution < -0.4 is 10.2 Å². The first kappa shape index (κ1) is 14.9. The van der Waals surface area contributed by atoms with E-state index in [1.807, 2.05) is 0 Å². The highest BCUT2D eigenvalue weighted by Gasteiger charge is 2.41. The van der Waals surface area contributed by atoms with Crippen molar-refractivity contribution in [3.63, 3.8) is 0 Å². The Kier molecular flexibility index (Phi) is 4.00. The van der Waals surface area contributed by atoms with Gasteiger partial charge in [0.05, 0.1) is 0 Å². The molecule has 1 aliphatic heterocycles. The summed E-state index contributed by atoms with van der Waals surface area (Å²) in [6.07, 6.45) is 6.55. The monoisotopic (exact) mass is 286 g/mol. The molecule has 0 saturated heterocycles. The Morgan fingerprint density at radius 1 is 1.24 bits per heavy atom. The zero-order valence-electron chi connectivity index (χ0n) is 14.1. The first-order valence-corrected chi connectivity index (χ1v) is 8.56. The number of nitrogens with zero attached hydrogens (tertiary/aromatic N) is 1. The largest absolute Gasteiger partial charge is 0.367 e. The number of rotatable bonds is 2. The molecule has 1 aromatic carbocycles. The Labute approximate surface area is 129 Å². The minimum absolute atomic E-state index is 0.389. The van der Waals surface area contributed by atoms with Crippen LogP contribution in [0.2, 0.25) is 0 Å². The highest BCUT2D eigenvalue weighted by Crippen LogP contribution is 2.41. The van der Waals surface area contributed by atoms with Crippen LogP contribution in [0.25, 0.3) is 0 Å². The summed E-state index contributed by atoms with van der Waals surface area (Å²) in [6.45, 7) is 8.29. The van der Waals surface area contributed by atoms with E-state index in [1.54, 1.807) is 5.56 Å². The van der Waals surface area contributed by atoms with Crippen molar-refractivity contribution in [1.29, 1.82) is 0 Å². The molecule has 0 amide bonds. The molecule has 2 aliphatic rings. The van der Waals surface area contributed by atoms with Gasteiger partial charge in [-0.1, -0.05) is 38.0 Å². The van der Waals surface area contributed by atoms with Gasteiger partial charge in [-0.3, -0.25) is 0 Å². The normalized spacial score (nSPS) is 28.3. The fourth-order valence-electron chi connectivity index (χ4n) is 4.63. The molecule has 0 bridgehead atoms. The number of nitrogens with one attached hydrogen (secondary N) is 1. The molecule has 2 nitrogen and oxygen atoms in total. The van der Waals surface area contributed by atoms with Crippen LogP contribution in [-0.4, -0.2) is 25.7 Å². The van der Waals surface area contributed by atoms with E-state index < -0.39 is 0 Å². The van der Waals surface area contributed by atoms with E-state index in [0.29, 0.717) is 17.5 Å². The highest BCUT2D eigenvalue weighted by atomic mass is 15.2. The van der Waals surface area contributed by atoms with Gasteiger partial charge in [0.1, 0.15) is 0 Å². The van der Waals surface area contributed by atoms with E-state index in [4.69, 9.17) is 0 Å². The van der Waals surface area contributed by atoms with E-state index in [1.165, 1.54) is 49.9 Å². The van der Waals surface area contributed by atoms with Crippen molar-refractivity contribution in [3.05, 3.63) is 29.3 Å². The lowest BCUT2D eigenvalue weighted by atomic mass is 9.70. The number of likely N-dealkylation sites (N-methyl/N-ethyl adjacent to an activating group) is 1. The molecule has 1 aromatic rings. The second-order valence-corrected chi connectivity index (χ2v) is 7.64. The van der Waals surface area contributed by atoms with Crippen molar-refractivity contribution in [3.8, 4) is 0 Å². The van der Waals surface area contributed by atoms with Gasteiger partial charge in [-0.05, 0) is 56.7 Å². The van der Waals surface area contributed by atoms with E-state index in [2.05, 4.69) is 56.2 Å². The van der Waals surface area contributed by atoms with Crippen LogP contribution in [-0.2, 0) is 6.42 Å². The molecule has 0 aromatic heterocycles. The Morgan fingerprint density at radius 3 is 2.81 bits per heavy atom. The first-order chi connectivity index (χ1) is 10.0. The molecule has 3 rings (SSSR count). The molecular weight excluding hydrogens is 256 g/mol. The fraction of sp³-hybridized carbons (Fsp3) is 0.684. The van der Waals surface area contributed by atoms with Gasteiger partial charge < -0.3 is 10.2 Å². The van der Waals surface area contributed by atoms with Crippen LogP contribution >= 0.6 is 0 Å². The summed E-state index contributed by atoms with van der Waals surface area (Å²) in [5.41, 5.74) is 4.83. The maximum absolute atomic E-state index is 3.64. The highest BCUT2D eigenvalue weighted by molar-refractivity contribution is 5.58. The third-order valence-electron chi connectivity index (χ3n) is 5.65. The average Bonchev–Trinajstić information content (AvgIpc) is 2.45. The van der Waals surface area contributed by atoms with E-state index >= 15 is 0 Å². The van der Waals surface area contributed by atoms with E-state index in [-0.39, 0.29) is 0 Å². The van der Waals surface area contributed by atoms with Crippen LogP contribution in [0.1, 0.15) is 50.7 Å². The standard InChI is InChI=1S/C19H30N2/c1-14-9-10-16-15(13-14)7-6-12-21(16)17-8-5-11-19(2,3)18(17)20-4/h9-10,13,17-18,20H,5-8,11-12H2,1-4H3. The Bertz CT molecular complexity index is 506. The second-order valence-electron chi connectivity index (χ2n) is 7.64. The smallest absolute Gasteiger partial charge is 0.0448 e. The molecule has 2 heteroatoms. The Hall–Kier alpha value is -1.02. The predicted octanol–water partition coefficient (Wildman–Crippen LogP) is 3.91. The van der Waals surface area contributed by atoms with Gasteiger partial charge in [0, 0.05) is 24.3 Å². The number of anilines is 1. The summed E-state index contributed by atoms with van der Waals surface area (Å²) in [5, 5.41) is 3.64. The first-order valence-electron chi connectivity index (χ1n) is 8.56. The van der Waals surface area contributed by atoms with Crippen LogP contribution in [0.5, 0.6) is 0 Å². The van der Waals surface area contributed by atoms with Gasteiger partial charge >= 0.3 is 0 Å². The molecule has 1 heterocycles. The zero-order chi connectivity index (χ0) is 15.0. The molecule has 1 saturated carbocycles. The van der Waals surface area contributed by atoms with Crippen molar-refractivity contribution in [2.45, 2.75) is 65.0 Å². The number of aryl methyl sites for hydroxylation is 2. The second kappa shape index (κ2) is 5.64.